The van der Waals surface area contributed by atoms with E-state index in [0.29, 0.717) is 6.10 Å². The summed E-state index contributed by atoms with van der Waals surface area (Å²) in [5.41, 5.74) is 3.91. The highest BCUT2D eigenvalue weighted by Crippen LogP contribution is 2.17. The average Bonchev–Trinajstić information content (AvgIpc) is 2.63. The van der Waals surface area contributed by atoms with E-state index < -0.39 is 0 Å². The van der Waals surface area contributed by atoms with Gasteiger partial charge in [0, 0.05) is 6.42 Å². The van der Waals surface area contributed by atoms with Crippen LogP contribution in [0.5, 0.6) is 0 Å². The standard InChI is InChI=1S/C13H17NO/c1-10-5-3-4-6-12(10)7-8-13-9-11(2)14-15-13/h3-6,13H,7-9H2,1-2H3. The Morgan fingerprint density at radius 2 is 2.13 bits per heavy atom. The molecule has 0 fully saturated rings. The van der Waals surface area contributed by atoms with Gasteiger partial charge in [-0.05, 0) is 37.8 Å². The molecule has 1 atom stereocenters. The molecule has 15 heavy (non-hydrogen) atoms. The van der Waals surface area contributed by atoms with Crippen LogP contribution in [0.25, 0.3) is 0 Å². The monoisotopic (exact) mass is 203 g/mol. The first-order chi connectivity index (χ1) is 7.25. The van der Waals surface area contributed by atoms with Gasteiger partial charge in [-0.3, -0.25) is 0 Å². The Balaban J connectivity index is 1.86. The lowest BCUT2D eigenvalue weighted by molar-refractivity contribution is 0.0793. The Bertz CT molecular complexity index is 371. The van der Waals surface area contributed by atoms with Crippen LogP contribution in [-0.2, 0) is 11.3 Å². The van der Waals surface area contributed by atoms with Gasteiger partial charge in [0.15, 0.2) is 0 Å². The lowest BCUT2D eigenvalue weighted by atomic mass is 10.0. The highest BCUT2D eigenvalue weighted by atomic mass is 16.6. The summed E-state index contributed by atoms with van der Waals surface area (Å²) in [6, 6.07) is 8.53. The Labute approximate surface area is 90.9 Å². The lowest BCUT2D eigenvalue weighted by Crippen LogP contribution is -2.08. The van der Waals surface area contributed by atoms with Crippen molar-refractivity contribution in [3.05, 3.63) is 35.4 Å². The molecule has 0 aliphatic carbocycles. The summed E-state index contributed by atoms with van der Waals surface area (Å²) in [6.45, 7) is 4.18. The van der Waals surface area contributed by atoms with Gasteiger partial charge in [-0.1, -0.05) is 29.4 Å². The van der Waals surface area contributed by atoms with E-state index in [1.807, 2.05) is 6.92 Å². The van der Waals surface area contributed by atoms with E-state index in [2.05, 4.69) is 36.3 Å². The number of oxime groups is 1. The van der Waals surface area contributed by atoms with Crippen molar-refractivity contribution < 1.29 is 4.84 Å². The molecule has 0 saturated heterocycles. The Morgan fingerprint density at radius 1 is 1.33 bits per heavy atom. The molecule has 1 aromatic carbocycles. The minimum atomic E-state index is 0.296. The molecular weight excluding hydrogens is 186 g/mol. The van der Waals surface area contributed by atoms with E-state index in [1.165, 1.54) is 11.1 Å². The van der Waals surface area contributed by atoms with Gasteiger partial charge in [-0.2, -0.15) is 0 Å². The summed E-state index contributed by atoms with van der Waals surface area (Å²) in [5, 5.41) is 3.97. The maximum atomic E-state index is 5.31. The van der Waals surface area contributed by atoms with Crippen molar-refractivity contribution in [2.75, 3.05) is 0 Å². The number of hydrogen-bond donors (Lipinski definition) is 0. The van der Waals surface area contributed by atoms with Crippen molar-refractivity contribution in [3.8, 4) is 0 Å². The van der Waals surface area contributed by atoms with Gasteiger partial charge in [0.05, 0.1) is 5.71 Å². The van der Waals surface area contributed by atoms with Gasteiger partial charge in [0.1, 0.15) is 6.10 Å². The van der Waals surface area contributed by atoms with Crippen LogP contribution in [0.2, 0.25) is 0 Å². The molecule has 80 valence electrons. The summed E-state index contributed by atoms with van der Waals surface area (Å²) in [4.78, 5) is 5.31. The topological polar surface area (TPSA) is 21.6 Å². The van der Waals surface area contributed by atoms with Gasteiger partial charge < -0.3 is 4.84 Å². The number of benzene rings is 1. The molecular formula is C13H17NO. The van der Waals surface area contributed by atoms with Crippen LogP contribution in [-0.4, -0.2) is 11.8 Å². The third-order valence-corrected chi connectivity index (χ3v) is 2.88. The van der Waals surface area contributed by atoms with Crippen LogP contribution in [0.15, 0.2) is 29.4 Å². The van der Waals surface area contributed by atoms with Gasteiger partial charge >= 0.3 is 0 Å². The maximum Gasteiger partial charge on any atom is 0.133 e. The first-order valence-corrected chi connectivity index (χ1v) is 5.49. The van der Waals surface area contributed by atoms with Crippen LogP contribution < -0.4 is 0 Å². The predicted octanol–water partition coefficient (Wildman–Crippen LogP) is 3.09. The summed E-state index contributed by atoms with van der Waals surface area (Å²) in [5.74, 6) is 0. The van der Waals surface area contributed by atoms with Crippen LogP contribution in [0.3, 0.4) is 0 Å². The molecule has 2 nitrogen and oxygen atoms in total. The summed E-state index contributed by atoms with van der Waals surface area (Å²) in [7, 11) is 0. The second-order valence-corrected chi connectivity index (χ2v) is 4.22. The second-order valence-electron chi connectivity index (χ2n) is 4.22. The highest BCUT2D eigenvalue weighted by Gasteiger charge is 2.17. The Kier molecular flexibility index (Phi) is 3.05. The SMILES string of the molecule is CC1=NOC(CCc2ccccc2C)C1. The zero-order valence-electron chi connectivity index (χ0n) is 9.36. The molecule has 0 amide bonds. The van der Waals surface area contributed by atoms with Crippen molar-refractivity contribution in [2.24, 2.45) is 5.16 Å². The van der Waals surface area contributed by atoms with Crippen LogP contribution in [0.1, 0.15) is 30.9 Å². The first kappa shape index (κ1) is 10.2. The van der Waals surface area contributed by atoms with Gasteiger partial charge in [0.2, 0.25) is 0 Å². The molecule has 1 unspecified atom stereocenters. The molecule has 2 rings (SSSR count). The largest absolute Gasteiger partial charge is 0.392 e. The van der Waals surface area contributed by atoms with E-state index >= 15 is 0 Å². The number of hydrogen-bond acceptors (Lipinski definition) is 2. The van der Waals surface area contributed by atoms with Crippen LogP contribution in [0, 0.1) is 6.92 Å². The van der Waals surface area contributed by atoms with E-state index in [1.54, 1.807) is 0 Å². The third kappa shape index (κ3) is 2.58. The molecule has 0 N–H and O–H groups in total. The normalized spacial score (nSPS) is 19.9. The molecule has 0 spiro atoms. The van der Waals surface area contributed by atoms with Crippen molar-refractivity contribution in [2.45, 2.75) is 39.2 Å². The predicted molar refractivity (Wildman–Crippen MR) is 62.1 cm³/mol. The quantitative estimate of drug-likeness (QED) is 0.739. The molecule has 0 radical (unpaired) electrons. The average molecular weight is 203 g/mol. The fourth-order valence-electron chi connectivity index (χ4n) is 1.93. The molecule has 2 heteroatoms. The number of aryl methyl sites for hydroxylation is 2. The maximum absolute atomic E-state index is 5.31. The molecule has 1 aliphatic rings. The van der Waals surface area contributed by atoms with Crippen molar-refractivity contribution in [1.29, 1.82) is 0 Å². The van der Waals surface area contributed by atoms with Crippen molar-refractivity contribution in [3.63, 3.8) is 0 Å². The van der Waals surface area contributed by atoms with Crippen molar-refractivity contribution >= 4 is 5.71 Å². The fraction of sp³-hybridized carbons (Fsp3) is 0.462. The Hall–Kier alpha value is -1.31. The van der Waals surface area contributed by atoms with Gasteiger partial charge in [-0.25, -0.2) is 0 Å². The summed E-state index contributed by atoms with van der Waals surface area (Å²) in [6.07, 6.45) is 3.43. The summed E-state index contributed by atoms with van der Waals surface area (Å²) >= 11 is 0. The molecule has 0 bridgehead atoms. The second kappa shape index (κ2) is 4.47. The van der Waals surface area contributed by atoms with Crippen LogP contribution >= 0.6 is 0 Å². The number of rotatable bonds is 3. The zero-order valence-corrected chi connectivity index (χ0v) is 9.36. The number of nitrogens with zero attached hydrogens (tertiary/aromatic N) is 1. The smallest absolute Gasteiger partial charge is 0.133 e. The summed E-state index contributed by atoms with van der Waals surface area (Å²) < 4.78 is 0. The minimum absolute atomic E-state index is 0.296. The van der Waals surface area contributed by atoms with Crippen LogP contribution in [0.4, 0.5) is 0 Å². The van der Waals surface area contributed by atoms with Crippen molar-refractivity contribution in [1.82, 2.24) is 0 Å². The Morgan fingerprint density at radius 3 is 2.80 bits per heavy atom. The van der Waals surface area contributed by atoms with E-state index in [0.717, 1.165) is 25.0 Å². The fourth-order valence-corrected chi connectivity index (χ4v) is 1.93. The van der Waals surface area contributed by atoms with E-state index in [9.17, 15) is 0 Å². The third-order valence-electron chi connectivity index (χ3n) is 2.88. The lowest BCUT2D eigenvalue weighted by Gasteiger charge is -2.09. The van der Waals surface area contributed by atoms with E-state index in [-0.39, 0.29) is 0 Å². The zero-order chi connectivity index (χ0) is 10.7. The molecule has 1 heterocycles. The molecule has 1 aromatic rings. The minimum Gasteiger partial charge on any atom is -0.392 e. The van der Waals surface area contributed by atoms with Gasteiger partial charge in [-0.15, -0.1) is 0 Å². The molecule has 1 aliphatic heterocycles. The highest BCUT2D eigenvalue weighted by molar-refractivity contribution is 5.82. The van der Waals surface area contributed by atoms with Gasteiger partial charge in [0.25, 0.3) is 0 Å². The molecule has 0 aromatic heterocycles. The first-order valence-electron chi connectivity index (χ1n) is 5.49. The molecule has 0 saturated carbocycles. The van der Waals surface area contributed by atoms with E-state index in [4.69, 9.17) is 4.84 Å².